The maximum Gasteiger partial charge on any atom is 0.332 e. The van der Waals surface area contributed by atoms with Gasteiger partial charge >= 0.3 is 5.97 Å². The van der Waals surface area contributed by atoms with Crippen molar-refractivity contribution in [2.24, 2.45) is 0 Å². The first-order valence-electron chi connectivity index (χ1n) is 5.79. The molecule has 0 aromatic carbocycles. The van der Waals surface area contributed by atoms with Gasteiger partial charge in [0.05, 0.1) is 0 Å². The maximum atomic E-state index is 9.45. The number of rotatable bonds is 4. The minimum atomic E-state index is -1.23. The van der Waals surface area contributed by atoms with Crippen molar-refractivity contribution in [1.29, 1.82) is 0 Å². The summed E-state index contributed by atoms with van der Waals surface area (Å²) in [6, 6.07) is 2.00. The van der Waals surface area contributed by atoms with E-state index in [2.05, 4.69) is 46.4 Å². The number of carboxylic acids is 1. The normalized spacial score (nSPS) is 12.2. The molecule has 2 N–H and O–H groups in total. The molecule has 0 aliphatic rings. The molecule has 0 aromatic heterocycles. The van der Waals surface area contributed by atoms with E-state index in [-0.39, 0.29) is 26.2 Å². The predicted molar refractivity (Wildman–Crippen MR) is 66.6 cm³/mol. The van der Waals surface area contributed by atoms with Gasteiger partial charge in [-0.3, -0.25) is 4.90 Å². The molecule has 0 saturated carbocycles. The Labute approximate surface area is 125 Å². The van der Waals surface area contributed by atoms with Crippen LogP contribution in [0.2, 0.25) is 0 Å². The monoisotopic (exact) mass is 323 g/mol. The average molecular weight is 325 g/mol. The summed E-state index contributed by atoms with van der Waals surface area (Å²) in [4.78, 5) is 11.9. The minimum absolute atomic E-state index is 0. The van der Waals surface area contributed by atoms with Crippen LogP contribution in [0.5, 0.6) is 0 Å². The Morgan fingerprint density at radius 1 is 0.882 bits per heavy atom. The topological polar surface area (TPSA) is 60.8 Å². The van der Waals surface area contributed by atoms with E-state index in [1.807, 2.05) is 0 Å². The van der Waals surface area contributed by atoms with E-state index in [1.165, 1.54) is 6.92 Å². The molecule has 17 heavy (non-hydrogen) atoms. The van der Waals surface area contributed by atoms with E-state index in [4.69, 9.17) is 10.2 Å². The Bertz CT molecular complexity index is 175. The first kappa shape index (κ1) is 22.5. The second kappa shape index (κ2) is 11.4. The third-order valence-electron chi connectivity index (χ3n) is 2.15. The van der Waals surface area contributed by atoms with Crippen molar-refractivity contribution in [3.05, 3.63) is 0 Å². The van der Waals surface area contributed by atoms with Gasteiger partial charge in [-0.15, -0.1) is 0 Å². The Morgan fingerprint density at radius 2 is 1.06 bits per heavy atom. The van der Waals surface area contributed by atoms with Crippen LogP contribution in [0.15, 0.2) is 0 Å². The molecule has 0 rings (SSSR count). The second-order valence-electron chi connectivity index (χ2n) is 4.74. The second-order valence-corrected chi connectivity index (χ2v) is 4.74. The maximum absolute atomic E-state index is 9.45. The molecule has 5 heteroatoms. The summed E-state index contributed by atoms with van der Waals surface area (Å²) in [5.74, 6) is -1.19. The zero-order valence-electron chi connectivity index (χ0n) is 12.1. The van der Waals surface area contributed by atoms with Gasteiger partial charge in [-0.2, -0.15) is 0 Å². The summed E-state index contributed by atoms with van der Waals surface area (Å²) in [5, 5.41) is 15.8. The fourth-order valence-corrected chi connectivity index (χ4v) is 1.79. The fourth-order valence-electron chi connectivity index (χ4n) is 1.79. The molecule has 0 fully saturated rings. The van der Waals surface area contributed by atoms with Crippen LogP contribution in [0, 0.1) is 0 Å². The third kappa shape index (κ3) is 12.5. The van der Waals surface area contributed by atoms with Crippen molar-refractivity contribution < 1.29 is 41.2 Å². The van der Waals surface area contributed by atoms with Gasteiger partial charge < -0.3 is 10.2 Å². The van der Waals surface area contributed by atoms with Gasteiger partial charge in [-0.1, -0.05) is 0 Å². The number of aliphatic hydroxyl groups is 1. The quantitative estimate of drug-likeness (QED) is 0.830. The molecule has 0 radical (unpaired) electrons. The van der Waals surface area contributed by atoms with Gasteiger partial charge in [-0.05, 0) is 48.5 Å². The molecule has 0 aromatic rings. The molecular weight excluding hydrogens is 297 g/mol. The van der Waals surface area contributed by atoms with Gasteiger partial charge in [0.2, 0.25) is 0 Å². The summed E-state index contributed by atoms with van der Waals surface area (Å²) >= 11 is 0. The molecule has 0 aliphatic heterocycles. The molecule has 0 heterocycles. The molecular formula is C12H27NO3Zr. The van der Waals surface area contributed by atoms with Gasteiger partial charge in [-0.25, -0.2) is 4.79 Å². The van der Waals surface area contributed by atoms with Crippen LogP contribution in [0.3, 0.4) is 0 Å². The number of hydrogen-bond donors (Lipinski definition) is 2. The zero-order chi connectivity index (χ0) is 13.5. The van der Waals surface area contributed by atoms with Crippen molar-refractivity contribution >= 4 is 5.97 Å². The van der Waals surface area contributed by atoms with Crippen LogP contribution in [-0.4, -0.2) is 45.3 Å². The first-order valence-corrected chi connectivity index (χ1v) is 5.79. The summed E-state index contributed by atoms with van der Waals surface area (Å²) in [6.07, 6.45) is -1.23. The molecule has 1 atom stereocenters. The largest absolute Gasteiger partial charge is 0.479 e. The molecule has 4 nitrogen and oxygen atoms in total. The van der Waals surface area contributed by atoms with E-state index < -0.39 is 12.1 Å². The van der Waals surface area contributed by atoms with Crippen LogP contribution in [0.1, 0.15) is 48.5 Å². The Morgan fingerprint density at radius 3 is 1.06 bits per heavy atom. The minimum Gasteiger partial charge on any atom is -0.479 e. The Balaban J connectivity index is -0.000000244. The van der Waals surface area contributed by atoms with E-state index >= 15 is 0 Å². The third-order valence-corrected chi connectivity index (χ3v) is 2.15. The van der Waals surface area contributed by atoms with Crippen molar-refractivity contribution in [1.82, 2.24) is 4.90 Å². The molecule has 0 spiro atoms. The number of aliphatic hydroxyl groups excluding tert-OH is 1. The molecule has 0 saturated heterocycles. The summed E-state index contributed by atoms with van der Waals surface area (Å²) in [6.45, 7) is 14.7. The van der Waals surface area contributed by atoms with Crippen LogP contribution in [-0.2, 0) is 31.0 Å². The SMILES string of the molecule is CC(C)N(C(C)C)C(C)C.CC(O)C(=O)O.[Zr]. The molecule has 102 valence electrons. The molecule has 0 amide bonds. The predicted octanol–water partition coefficient (Wildman–Crippen LogP) is 1.96. The Hall–Kier alpha value is 0.273. The fraction of sp³-hybridized carbons (Fsp3) is 0.917. The van der Waals surface area contributed by atoms with E-state index in [0.29, 0.717) is 18.1 Å². The van der Waals surface area contributed by atoms with Crippen LogP contribution in [0.25, 0.3) is 0 Å². The standard InChI is InChI=1S/C9H21N.C3H6O3.Zr/c1-7(2)10(8(3)4)9(5)6;1-2(4)3(5)6;/h7-9H,1-6H3;2,4H,1H3,(H,5,6);. The number of aliphatic carboxylic acids is 1. The molecule has 0 bridgehead atoms. The van der Waals surface area contributed by atoms with Gasteiger partial charge in [0.1, 0.15) is 6.10 Å². The summed E-state index contributed by atoms with van der Waals surface area (Å²) in [5.41, 5.74) is 0. The summed E-state index contributed by atoms with van der Waals surface area (Å²) < 4.78 is 0. The Kier molecular flexibility index (Phi) is 15.0. The summed E-state index contributed by atoms with van der Waals surface area (Å²) in [7, 11) is 0. The molecule has 1 unspecified atom stereocenters. The van der Waals surface area contributed by atoms with Gasteiger partial charge in [0.25, 0.3) is 0 Å². The van der Waals surface area contributed by atoms with Crippen molar-refractivity contribution in [3.63, 3.8) is 0 Å². The average Bonchev–Trinajstić information content (AvgIpc) is 2.01. The molecule has 0 aliphatic carbocycles. The smallest absolute Gasteiger partial charge is 0.332 e. The van der Waals surface area contributed by atoms with Crippen LogP contribution in [0.4, 0.5) is 0 Å². The van der Waals surface area contributed by atoms with Crippen LogP contribution >= 0.6 is 0 Å². The first-order chi connectivity index (χ1) is 7.11. The number of carboxylic acid groups (broad SMARTS) is 1. The number of nitrogens with zero attached hydrogens (tertiary/aromatic N) is 1. The van der Waals surface area contributed by atoms with Crippen molar-refractivity contribution in [2.75, 3.05) is 0 Å². The zero-order valence-corrected chi connectivity index (χ0v) is 14.5. The number of hydrogen-bond acceptors (Lipinski definition) is 3. The van der Waals surface area contributed by atoms with Gasteiger partial charge in [0.15, 0.2) is 0 Å². The van der Waals surface area contributed by atoms with Gasteiger partial charge in [0, 0.05) is 44.3 Å². The van der Waals surface area contributed by atoms with E-state index in [1.54, 1.807) is 0 Å². The number of carbonyl (C=O) groups is 1. The van der Waals surface area contributed by atoms with Crippen LogP contribution < -0.4 is 0 Å². The van der Waals surface area contributed by atoms with Crippen molar-refractivity contribution in [2.45, 2.75) is 72.7 Å². The van der Waals surface area contributed by atoms with E-state index in [9.17, 15) is 4.79 Å². The van der Waals surface area contributed by atoms with E-state index in [0.717, 1.165) is 0 Å². The van der Waals surface area contributed by atoms with Crippen molar-refractivity contribution in [3.8, 4) is 0 Å².